The fourth-order valence-corrected chi connectivity index (χ4v) is 2.46. The van der Waals surface area contributed by atoms with Crippen molar-refractivity contribution in [3.63, 3.8) is 0 Å². The Balaban J connectivity index is 2.37. The van der Waals surface area contributed by atoms with Crippen molar-refractivity contribution in [3.8, 4) is 0 Å². The highest BCUT2D eigenvalue weighted by atomic mass is 32.2. The third kappa shape index (κ3) is 6.08. The van der Waals surface area contributed by atoms with Crippen LogP contribution in [0.1, 0.15) is 46.0 Å². The average molecular weight is 315 g/mol. The fourth-order valence-electron chi connectivity index (χ4n) is 2.12. The summed E-state index contributed by atoms with van der Waals surface area (Å²) in [5.41, 5.74) is 1.51. The van der Waals surface area contributed by atoms with Crippen LogP contribution < -0.4 is 10.6 Å². The zero-order valence-corrected chi connectivity index (χ0v) is 14.5. The molecule has 5 nitrogen and oxygen atoms in total. The second-order valence-corrected chi connectivity index (χ2v) is 8.89. The number of rotatable bonds is 6. The molecule has 0 saturated heterocycles. The minimum atomic E-state index is -3.10. The summed E-state index contributed by atoms with van der Waals surface area (Å²) in [6.45, 7) is 4.60. The minimum absolute atomic E-state index is 0.341. The monoisotopic (exact) mass is 315 g/mol. The number of nitrogens with one attached hydrogen (secondary N) is 2. The Morgan fingerprint density at radius 1 is 1.33 bits per heavy atom. The molecule has 0 aliphatic heterocycles. The van der Waals surface area contributed by atoms with Crippen molar-refractivity contribution in [2.24, 2.45) is 4.99 Å². The molecule has 0 fully saturated rings. The van der Waals surface area contributed by atoms with Crippen LogP contribution in [-0.4, -0.2) is 45.5 Å². The summed E-state index contributed by atoms with van der Waals surface area (Å²) in [4.78, 5) is 4.14. The Kier molecular flexibility index (Phi) is 6.71. The van der Waals surface area contributed by atoms with E-state index in [1.54, 1.807) is 20.9 Å². The van der Waals surface area contributed by atoms with E-state index >= 15 is 0 Å². The molecule has 1 rings (SSSR count). The van der Waals surface area contributed by atoms with Crippen molar-refractivity contribution in [2.45, 2.75) is 50.7 Å². The van der Waals surface area contributed by atoms with Gasteiger partial charge in [-0.3, -0.25) is 4.99 Å². The van der Waals surface area contributed by atoms with Crippen molar-refractivity contribution in [3.05, 3.63) is 11.6 Å². The Morgan fingerprint density at radius 3 is 2.57 bits per heavy atom. The van der Waals surface area contributed by atoms with E-state index in [1.165, 1.54) is 37.5 Å². The predicted octanol–water partition coefficient (Wildman–Crippen LogP) is 1.87. The van der Waals surface area contributed by atoms with Crippen molar-refractivity contribution >= 4 is 15.8 Å². The first-order valence-electron chi connectivity index (χ1n) is 7.58. The van der Waals surface area contributed by atoms with Gasteiger partial charge in [0, 0.05) is 26.4 Å². The Morgan fingerprint density at radius 2 is 2.05 bits per heavy atom. The van der Waals surface area contributed by atoms with Gasteiger partial charge in [0.05, 0.1) is 4.75 Å². The molecule has 0 aromatic heterocycles. The largest absolute Gasteiger partial charge is 0.356 e. The van der Waals surface area contributed by atoms with Gasteiger partial charge in [-0.25, -0.2) is 8.42 Å². The molecule has 0 aromatic carbocycles. The summed E-state index contributed by atoms with van der Waals surface area (Å²) in [5, 5.41) is 6.34. The van der Waals surface area contributed by atoms with Crippen LogP contribution in [0.2, 0.25) is 0 Å². The van der Waals surface area contributed by atoms with Crippen LogP contribution in [-0.2, 0) is 9.84 Å². The Bertz CT molecular complexity index is 493. The summed E-state index contributed by atoms with van der Waals surface area (Å²) in [5.74, 6) is 0.656. The van der Waals surface area contributed by atoms with E-state index in [4.69, 9.17) is 0 Å². The predicted molar refractivity (Wildman–Crippen MR) is 89.5 cm³/mol. The number of sulfone groups is 1. The molecule has 6 heteroatoms. The normalized spacial score (nSPS) is 17.3. The van der Waals surface area contributed by atoms with Crippen LogP contribution in [0.3, 0.4) is 0 Å². The van der Waals surface area contributed by atoms with Crippen LogP contribution in [0.25, 0.3) is 0 Å². The number of allylic oxidation sites excluding steroid dienone is 1. The maximum absolute atomic E-state index is 11.7. The van der Waals surface area contributed by atoms with Crippen molar-refractivity contribution in [2.75, 3.05) is 26.4 Å². The van der Waals surface area contributed by atoms with Crippen LogP contribution in [0.5, 0.6) is 0 Å². The molecular weight excluding hydrogens is 286 g/mol. The van der Waals surface area contributed by atoms with Crippen LogP contribution in [0, 0.1) is 0 Å². The highest BCUT2D eigenvalue weighted by Gasteiger charge is 2.30. The van der Waals surface area contributed by atoms with Gasteiger partial charge in [-0.05, 0) is 46.0 Å². The maximum atomic E-state index is 11.7. The molecule has 0 atom stereocenters. The average Bonchev–Trinajstić information content (AvgIpc) is 2.42. The van der Waals surface area contributed by atoms with Gasteiger partial charge < -0.3 is 10.6 Å². The molecule has 0 unspecified atom stereocenters. The van der Waals surface area contributed by atoms with Gasteiger partial charge in [0.2, 0.25) is 0 Å². The van der Waals surface area contributed by atoms with Crippen molar-refractivity contribution < 1.29 is 8.42 Å². The van der Waals surface area contributed by atoms with Crippen molar-refractivity contribution in [1.29, 1.82) is 0 Å². The van der Waals surface area contributed by atoms with E-state index in [-0.39, 0.29) is 0 Å². The van der Waals surface area contributed by atoms with Gasteiger partial charge in [0.15, 0.2) is 15.8 Å². The first-order chi connectivity index (χ1) is 9.76. The molecule has 0 bridgehead atoms. The van der Waals surface area contributed by atoms with E-state index < -0.39 is 14.6 Å². The van der Waals surface area contributed by atoms with Crippen LogP contribution in [0.15, 0.2) is 16.6 Å². The summed E-state index contributed by atoms with van der Waals surface area (Å²) in [6, 6.07) is 0. The summed E-state index contributed by atoms with van der Waals surface area (Å²) >= 11 is 0. The van der Waals surface area contributed by atoms with Gasteiger partial charge in [-0.2, -0.15) is 0 Å². The van der Waals surface area contributed by atoms with E-state index in [2.05, 4.69) is 21.7 Å². The third-order valence-electron chi connectivity index (χ3n) is 4.03. The highest BCUT2D eigenvalue weighted by molar-refractivity contribution is 7.92. The number of hydrogen-bond acceptors (Lipinski definition) is 3. The van der Waals surface area contributed by atoms with Gasteiger partial charge in [-0.15, -0.1) is 0 Å². The molecule has 1 aliphatic rings. The number of hydrogen-bond donors (Lipinski definition) is 2. The fraction of sp³-hybridized carbons (Fsp3) is 0.800. The lowest BCUT2D eigenvalue weighted by Crippen LogP contribution is -2.47. The van der Waals surface area contributed by atoms with E-state index in [0.717, 1.165) is 13.0 Å². The zero-order valence-electron chi connectivity index (χ0n) is 13.7. The summed E-state index contributed by atoms with van der Waals surface area (Å²) in [7, 11) is -1.40. The van der Waals surface area contributed by atoms with E-state index in [9.17, 15) is 8.42 Å². The number of aliphatic imine (C=N–C) groups is 1. The Labute approximate surface area is 129 Å². The standard InChI is InChI=1S/C15H29N3O2S/c1-15(2,21(4,19)20)12-18-14(16-3)17-11-10-13-8-6-5-7-9-13/h8H,5-7,9-12H2,1-4H3,(H2,16,17,18). The lowest BCUT2D eigenvalue weighted by atomic mass is 9.97. The SMILES string of the molecule is CN=C(NCCC1=CCCCC1)NCC(C)(C)S(C)(=O)=O. The van der Waals surface area contributed by atoms with Gasteiger partial charge in [0.25, 0.3) is 0 Å². The Hall–Kier alpha value is -1.04. The van der Waals surface area contributed by atoms with E-state index in [0.29, 0.717) is 12.5 Å². The minimum Gasteiger partial charge on any atom is -0.356 e. The van der Waals surface area contributed by atoms with Gasteiger partial charge in [-0.1, -0.05) is 11.6 Å². The van der Waals surface area contributed by atoms with Gasteiger partial charge in [0.1, 0.15) is 0 Å². The molecule has 0 aromatic rings. The van der Waals surface area contributed by atoms with Crippen LogP contribution >= 0.6 is 0 Å². The molecule has 0 saturated carbocycles. The topological polar surface area (TPSA) is 70.6 Å². The maximum Gasteiger partial charge on any atom is 0.191 e. The smallest absolute Gasteiger partial charge is 0.191 e. The summed E-state index contributed by atoms with van der Waals surface area (Å²) < 4.78 is 22.5. The molecule has 2 N–H and O–H groups in total. The number of guanidine groups is 1. The lowest BCUT2D eigenvalue weighted by Gasteiger charge is -2.24. The second kappa shape index (κ2) is 7.82. The molecule has 0 spiro atoms. The van der Waals surface area contributed by atoms with Crippen molar-refractivity contribution in [1.82, 2.24) is 10.6 Å². The lowest BCUT2D eigenvalue weighted by molar-refractivity contribution is 0.544. The van der Waals surface area contributed by atoms with Crippen LogP contribution in [0.4, 0.5) is 0 Å². The first kappa shape index (κ1) is 18.0. The van der Waals surface area contributed by atoms with Gasteiger partial charge >= 0.3 is 0 Å². The van der Waals surface area contributed by atoms with E-state index in [1.807, 2.05) is 0 Å². The highest BCUT2D eigenvalue weighted by Crippen LogP contribution is 2.19. The molecule has 122 valence electrons. The third-order valence-corrected chi connectivity index (χ3v) is 6.18. The molecule has 1 aliphatic carbocycles. The molecule has 0 heterocycles. The quantitative estimate of drug-likeness (QED) is 0.446. The summed E-state index contributed by atoms with van der Waals surface area (Å²) in [6.07, 6.45) is 9.63. The zero-order chi connectivity index (χ0) is 15.9. The second-order valence-electron chi connectivity index (χ2n) is 6.24. The molecule has 21 heavy (non-hydrogen) atoms. The molecular formula is C15H29N3O2S. The first-order valence-corrected chi connectivity index (χ1v) is 9.47. The molecule has 0 amide bonds. The number of nitrogens with zero attached hydrogens (tertiary/aromatic N) is 1. The molecule has 0 radical (unpaired) electrons.